The summed E-state index contributed by atoms with van der Waals surface area (Å²) in [6, 6.07) is 1.71. The van der Waals surface area contributed by atoms with Crippen molar-refractivity contribution in [3.63, 3.8) is 0 Å². The van der Waals surface area contributed by atoms with Crippen LogP contribution >= 0.6 is 27.5 Å². The minimum absolute atomic E-state index is 0.0552. The van der Waals surface area contributed by atoms with Crippen LogP contribution in [0.3, 0.4) is 0 Å². The van der Waals surface area contributed by atoms with Gasteiger partial charge in [0.05, 0.1) is 4.47 Å². The van der Waals surface area contributed by atoms with E-state index in [4.69, 9.17) is 16.0 Å². The Kier molecular flexibility index (Phi) is 3.04. The molecule has 0 atom stereocenters. The third kappa shape index (κ3) is 1.76. The van der Waals surface area contributed by atoms with Gasteiger partial charge in [-0.3, -0.25) is 4.79 Å². The number of Topliss-reactive ketones (excluding diaryl/α,β-unsaturated/α-hetero) is 1. The van der Waals surface area contributed by atoms with Gasteiger partial charge in [-0.1, -0.05) is 18.5 Å². The normalized spacial score (nSPS) is 11.0. The van der Waals surface area contributed by atoms with Crippen molar-refractivity contribution in [2.75, 3.05) is 0 Å². The first-order valence-corrected chi connectivity index (χ1v) is 6.00. The maximum atomic E-state index is 11.6. The first-order valence-electron chi connectivity index (χ1n) is 4.83. The molecule has 0 radical (unpaired) electrons. The number of rotatable bonds is 2. The Morgan fingerprint density at radius 1 is 1.62 bits per heavy atom. The molecule has 0 fully saturated rings. The smallest absolute Gasteiger partial charge is 0.199 e. The van der Waals surface area contributed by atoms with Gasteiger partial charge < -0.3 is 4.42 Å². The second kappa shape index (κ2) is 4.18. The van der Waals surface area contributed by atoms with Crippen LogP contribution < -0.4 is 0 Å². The SMILES string of the molecule is CCC(=O)c1oc2c(C)cc(Cl)nc2c1Br. The third-order valence-electron chi connectivity index (χ3n) is 2.31. The fraction of sp³-hybridized carbons (Fsp3) is 0.273. The topological polar surface area (TPSA) is 43.1 Å². The molecule has 0 saturated carbocycles. The van der Waals surface area contributed by atoms with Gasteiger partial charge in [0.15, 0.2) is 17.1 Å². The van der Waals surface area contributed by atoms with Crippen molar-refractivity contribution < 1.29 is 9.21 Å². The monoisotopic (exact) mass is 301 g/mol. The molecule has 3 nitrogen and oxygen atoms in total. The minimum atomic E-state index is -0.0552. The molecule has 0 aliphatic carbocycles. The lowest BCUT2D eigenvalue weighted by atomic mass is 10.2. The molecule has 84 valence electrons. The average molecular weight is 303 g/mol. The van der Waals surface area contributed by atoms with Crippen LogP contribution in [0.2, 0.25) is 5.15 Å². The second-order valence-electron chi connectivity index (χ2n) is 3.46. The minimum Gasteiger partial charge on any atom is -0.450 e. The summed E-state index contributed by atoms with van der Waals surface area (Å²) in [5.41, 5.74) is 2.07. The van der Waals surface area contributed by atoms with Crippen LogP contribution in [0, 0.1) is 6.92 Å². The van der Waals surface area contributed by atoms with E-state index in [-0.39, 0.29) is 5.78 Å². The Labute approximate surface area is 106 Å². The zero-order valence-corrected chi connectivity index (χ0v) is 11.1. The number of aryl methyl sites for hydroxylation is 1. The number of carbonyl (C=O) groups is 1. The summed E-state index contributed by atoms with van der Waals surface area (Å²) in [6.07, 6.45) is 0.394. The predicted molar refractivity (Wildman–Crippen MR) is 66.1 cm³/mol. The fourth-order valence-corrected chi connectivity index (χ4v) is 2.31. The lowest BCUT2D eigenvalue weighted by Gasteiger charge is -1.94. The van der Waals surface area contributed by atoms with Crippen molar-refractivity contribution in [2.45, 2.75) is 20.3 Å². The van der Waals surface area contributed by atoms with Crippen LogP contribution in [0.15, 0.2) is 15.0 Å². The number of halogens is 2. The summed E-state index contributed by atoms with van der Waals surface area (Å²) < 4.78 is 6.10. The van der Waals surface area contributed by atoms with E-state index in [9.17, 15) is 4.79 Å². The third-order valence-corrected chi connectivity index (χ3v) is 3.24. The number of hydrogen-bond donors (Lipinski definition) is 0. The van der Waals surface area contributed by atoms with Gasteiger partial charge in [-0.25, -0.2) is 4.98 Å². The molecule has 0 saturated heterocycles. The molecule has 0 unspecified atom stereocenters. The van der Waals surface area contributed by atoms with Crippen LogP contribution in [-0.2, 0) is 0 Å². The average Bonchev–Trinajstić information content (AvgIpc) is 2.56. The van der Waals surface area contributed by atoms with Gasteiger partial charge in [0.2, 0.25) is 0 Å². The largest absolute Gasteiger partial charge is 0.450 e. The van der Waals surface area contributed by atoms with E-state index in [0.29, 0.717) is 32.9 Å². The van der Waals surface area contributed by atoms with Crippen molar-refractivity contribution in [3.05, 3.63) is 27.0 Å². The lowest BCUT2D eigenvalue weighted by Crippen LogP contribution is -1.94. The first kappa shape index (κ1) is 11.6. The molecule has 0 aliphatic rings. The summed E-state index contributed by atoms with van der Waals surface area (Å²) in [7, 11) is 0. The molecule has 2 aromatic heterocycles. The molecule has 2 aromatic rings. The number of hydrogen-bond acceptors (Lipinski definition) is 3. The Morgan fingerprint density at radius 2 is 2.31 bits per heavy atom. The second-order valence-corrected chi connectivity index (χ2v) is 4.64. The van der Waals surface area contributed by atoms with Gasteiger partial charge in [-0.05, 0) is 34.5 Å². The van der Waals surface area contributed by atoms with Crippen LogP contribution in [0.5, 0.6) is 0 Å². The summed E-state index contributed by atoms with van der Waals surface area (Å²) in [4.78, 5) is 15.8. The highest BCUT2D eigenvalue weighted by Gasteiger charge is 2.20. The quantitative estimate of drug-likeness (QED) is 0.618. The maximum absolute atomic E-state index is 11.6. The predicted octanol–water partition coefficient (Wildman–Crippen LogP) is 4.14. The lowest BCUT2D eigenvalue weighted by molar-refractivity contribution is 0.0962. The molecular formula is C11H9BrClNO2. The van der Waals surface area contributed by atoms with Crippen LogP contribution in [0.25, 0.3) is 11.1 Å². The summed E-state index contributed by atoms with van der Waals surface area (Å²) in [5.74, 6) is 0.260. The first-order chi connectivity index (χ1) is 7.54. The van der Waals surface area contributed by atoms with Crippen molar-refractivity contribution in [3.8, 4) is 0 Å². The number of nitrogens with zero attached hydrogens (tertiary/aromatic N) is 1. The number of furan rings is 1. The van der Waals surface area contributed by atoms with Gasteiger partial charge in [-0.15, -0.1) is 0 Å². The van der Waals surface area contributed by atoms with E-state index in [2.05, 4.69) is 20.9 Å². The van der Waals surface area contributed by atoms with Gasteiger partial charge >= 0.3 is 0 Å². The van der Waals surface area contributed by atoms with E-state index >= 15 is 0 Å². The molecule has 0 amide bonds. The highest BCUT2D eigenvalue weighted by Crippen LogP contribution is 2.33. The summed E-state index contributed by atoms with van der Waals surface area (Å²) in [5, 5.41) is 0.391. The molecule has 0 aliphatic heterocycles. The Bertz CT molecular complexity index is 577. The van der Waals surface area contributed by atoms with Crippen LogP contribution in [0.4, 0.5) is 0 Å². The molecule has 5 heteroatoms. The zero-order chi connectivity index (χ0) is 11.9. The van der Waals surface area contributed by atoms with E-state index in [1.165, 1.54) is 0 Å². The Hall–Kier alpha value is -0.870. The highest BCUT2D eigenvalue weighted by atomic mass is 79.9. The Morgan fingerprint density at radius 3 is 2.94 bits per heavy atom. The number of carbonyl (C=O) groups excluding carboxylic acids is 1. The van der Waals surface area contributed by atoms with E-state index in [0.717, 1.165) is 5.56 Å². The number of pyridine rings is 1. The van der Waals surface area contributed by atoms with Gasteiger partial charge in [-0.2, -0.15) is 0 Å². The number of ketones is 1. The molecule has 2 rings (SSSR count). The van der Waals surface area contributed by atoms with Crippen LogP contribution in [0.1, 0.15) is 29.5 Å². The molecule has 0 N–H and O–H groups in total. The highest BCUT2D eigenvalue weighted by molar-refractivity contribution is 9.10. The van der Waals surface area contributed by atoms with Crippen molar-refractivity contribution >= 4 is 44.4 Å². The van der Waals surface area contributed by atoms with Gasteiger partial charge in [0.1, 0.15) is 10.7 Å². The van der Waals surface area contributed by atoms with Crippen molar-refractivity contribution in [1.82, 2.24) is 4.98 Å². The molecule has 0 bridgehead atoms. The fourth-order valence-electron chi connectivity index (χ4n) is 1.49. The molecule has 16 heavy (non-hydrogen) atoms. The zero-order valence-electron chi connectivity index (χ0n) is 8.80. The number of fused-ring (bicyclic) bond motifs is 1. The summed E-state index contributed by atoms with van der Waals surface area (Å²) >= 11 is 9.19. The number of aromatic nitrogens is 1. The summed E-state index contributed by atoms with van der Waals surface area (Å²) in [6.45, 7) is 3.65. The van der Waals surface area contributed by atoms with Crippen molar-refractivity contribution in [2.24, 2.45) is 0 Å². The maximum Gasteiger partial charge on any atom is 0.199 e. The Balaban J connectivity index is 2.77. The standard InChI is InChI=1S/C11H9BrClNO2/c1-3-6(15)11-8(12)9-10(16-11)5(2)4-7(13)14-9/h4H,3H2,1-2H3. The van der Waals surface area contributed by atoms with Gasteiger partial charge in [0.25, 0.3) is 0 Å². The van der Waals surface area contributed by atoms with Crippen LogP contribution in [-0.4, -0.2) is 10.8 Å². The molecule has 0 aromatic carbocycles. The van der Waals surface area contributed by atoms with Crippen molar-refractivity contribution in [1.29, 1.82) is 0 Å². The molecule has 0 spiro atoms. The van der Waals surface area contributed by atoms with Gasteiger partial charge in [0, 0.05) is 6.42 Å². The molecular weight excluding hydrogens is 293 g/mol. The van der Waals surface area contributed by atoms with E-state index < -0.39 is 0 Å². The van der Waals surface area contributed by atoms with E-state index in [1.54, 1.807) is 13.0 Å². The molecule has 2 heterocycles. The van der Waals surface area contributed by atoms with E-state index in [1.807, 2.05) is 6.92 Å².